The van der Waals surface area contributed by atoms with Gasteiger partial charge in [0, 0.05) is 18.3 Å². The van der Waals surface area contributed by atoms with Crippen molar-refractivity contribution in [3.8, 4) is 0 Å². The highest BCUT2D eigenvalue weighted by Crippen LogP contribution is 2.24. The number of nitrogen functional groups attached to an aromatic ring is 2. The Morgan fingerprint density at radius 3 is 2.37 bits per heavy atom. The maximum Gasteiger partial charge on any atom is 0.332 e. The van der Waals surface area contributed by atoms with Crippen molar-refractivity contribution < 1.29 is 33.4 Å². The monoisotopic (exact) mass is 490 g/mol. The molecule has 35 heavy (non-hydrogen) atoms. The molecule has 1 amide bonds. The third kappa shape index (κ3) is 5.82. The Hall–Kier alpha value is -4.69. The van der Waals surface area contributed by atoms with Gasteiger partial charge in [-0.3, -0.25) is 9.59 Å². The van der Waals surface area contributed by atoms with Gasteiger partial charge in [0.05, 0.1) is 18.4 Å². The van der Waals surface area contributed by atoms with Crippen molar-refractivity contribution >= 4 is 46.5 Å². The molecule has 0 fully saturated rings. The summed E-state index contributed by atoms with van der Waals surface area (Å²) in [4.78, 5) is 52.2. The molecule has 0 spiro atoms. The lowest BCUT2D eigenvalue weighted by Crippen LogP contribution is -2.53. The molecule has 2 aromatic heterocycles. The van der Waals surface area contributed by atoms with Crippen molar-refractivity contribution in [3.05, 3.63) is 41.7 Å². The quantitative estimate of drug-likeness (QED) is 0.278. The number of hydrogen-bond acceptors (Lipinski definition) is 10. The molecule has 15 heteroatoms. The number of alkyl halides is 2. The SMILES string of the molecule is CN(Cc1cnc2nc(N)nc(N)c2n1)c1ccc(C(=O)N[C@@H](C(=O)O)C(F)(F)CC(=O)O)cc1. The summed E-state index contributed by atoms with van der Waals surface area (Å²) in [7, 11) is 1.72. The molecule has 0 radical (unpaired) electrons. The lowest BCUT2D eigenvalue weighted by Gasteiger charge is -2.23. The van der Waals surface area contributed by atoms with Gasteiger partial charge in [-0.2, -0.15) is 9.97 Å². The molecule has 3 rings (SSSR count). The van der Waals surface area contributed by atoms with E-state index in [9.17, 15) is 23.2 Å². The number of carbonyl (C=O) groups excluding carboxylic acids is 1. The summed E-state index contributed by atoms with van der Waals surface area (Å²) in [5.41, 5.74) is 12.9. The molecule has 0 saturated carbocycles. The number of nitrogens with zero attached hydrogens (tertiary/aromatic N) is 5. The largest absolute Gasteiger partial charge is 0.481 e. The number of carboxylic acid groups (broad SMARTS) is 2. The minimum absolute atomic E-state index is 0.0291. The number of anilines is 3. The van der Waals surface area contributed by atoms with Gasteiger partial charge < -0.3 is 31.9 Å². The van der Waals surface area contributed by atoms with Crippen molar-refractivity contribution in [2.24, 2.45) is 0 Å². The second kappa shape index (κ2) is 9.66. The van der Waals surface area contributed by atoms with Gasteiger partial charge in [0.1, 0.15) is 6.42 Å². The number of amides is 1. The molecular weight excluding hydrogens is 470 g/mol. The van der Waals surface area contributed by atoms with Gasteiger partial charge in [-0.1, -0.05) is 0 Å². The van der Waals surface area contributed by atoms with E-state index in [1.807, 2.05) is 0 Å². The molecule has 0 aliphatic carbocycles. The molecule has 1 atom stereocenters. The summed E-state index contributed by atoms with van der Waals surface area (Å²) in [6.07, 6.45) is -0.271. The Labute approximate surface area is 195 Å². The van der Waals surface area contributed by atoms with E-state index in [2.05, 4.69) is 19.9 Å². The third-order valence-electron chi connectivity index (χ3n) is 4.80. The first-order valence-corrected chi connectivity index (χ1v) is 9.86. The molecule has 184 valence electrons. The molecule has 3 aromatic rings. The molecule has 7 N–H and O–H groups in total. The Bertz CT molecular complexity index is 1290. The van der Waals surface area contributed by atoms with E-state index in [0.29, 0.717) is 11.4 Å². The van der Waals surface area contributed by atoms with Crippen LogP contribution in [0, 0.1) is 0 Å². The Kier molecular flexibility index (Phi) is 6.88. The van der Waals surface area contributed by atoms with Crippen LogP contribution in [-0.4, -0.2) is 67.0 Å². The normalized spacial score (nSPS) is 12.2. The fraction of sp³-hybridized carbons (Fsp3) is 0.250. The maximum atomic E-state index is 14.0. The highest BCUT2D eigenvalue weighted by Gasteiger charge is 2.47. The van der Waals surface area contributed by atoms with Crippen molar-refractivity contribution in [3.63, 3.8) is 0 Å². The van der Waals surface area contributed by atoms with E-state index in [4.69, 9.17) is 21.7 Å². The van der Waals surface area contributed by atoms with Crippen molar-refractivity contribution in [2.75, 3.05) is 23.4 Å². The molecule has 2 heterocycles. The second-order valence-corrected chi connectivity index (χ2v) is 7.48. The lowest BCUT2D eigenvalue weighted by atomic mass is 10.1. The van der Waals surface area contributed by atoms with Crippen LogP contribution in [-0.2, 0) is 16.1 Å². The predicted octanol–water partition coefficient (Wildman–Crippen LogP) is 0.514. The smallest absolute Gasteiger partial charge is 0.332 e. The van der Waals surface area contributed by atoms with Crippen LogP contribution < -0.4 is 21.7 Å². The third-order valence-corrected chi connectivity index (χ3v) is 4.80. The average Bonchev–Trinajstić information content (AvgIpc) is 2.76. The minimum Gasteiger partial charge on any atom is -0.481 e. The van der Waals surface area contributed by atoms with E-state index in [-0.39, 0.29) is 35.0 Å². The number of aromatic nitrogens is 4. The van der Waals surface area contributed by atoms with Crippen LogP contribution in [0.4, 0.5) is 26.2 Å². The number of nitrogens with one attached hydrogen (secondary N) is 1. The number of carboxylic acids is 2. The lowest BCUT2D eigenvalue weighted by molar-refractivity contribution is -0.157. The van der Waals surface area contributed by atoms with E-state index in [0.717, 1.165) is 0 Å². The number of benzene rings is 1. The average molecular weight is 490 g/mol. The first-order valence-electron chi connectivity index (χ1n) is 9.86. The van der Waals surface area contributed by atoms with Gasteiger partial charge in [-0.25, -0.2) is 23.5 Å². The Morgan fingerprint density at radius 2 is 1.77 bits per heavy atom. The van der Waals surface area contributed by atoms with Gasteiger partial charge in [0.2, 0.25) is 5.95 Å². The van der Waals surface area contributed by atoms with Crippen LogP contribution in [0.2, 0.25) is 0 Å². The zero-order valence-corrected chi connectivity index (χ0v) is 18.1. The highest BCUT2D eigenvalue weighted by atomic mass is 19.3. The molecule has 1 aromatic carbocycles. The number of nitrogens with two attached hydrogens (primary N) is 2. The van der Waals surface area contributed by atoms with E-state index >= 15 is 0 Å². The van der Waals surface area contributed by atoms with Crippen molar-refractivity contribution in [2.45, 2.75) is 24.9 Å². The number of rotatable bonds is 9. The van der Waals surface area contributed by atoms with Crippen LogP contribution in [0.3, 0.4) is 0 Å². The zero-order chi connectivity index (χ0) is 25.9. The molecule has 13 nitrogen and oxygen atoms in total. The van der Waals surface area contributed by atoms with E-state index in [1.165, 1.54) is 30.5 Å². The number of fused-ring (bicyclic) bond motifs is 1. The number of halogens is 2. The topological polar surface area (TPSA) is 211 Å². The summed E-state index contributed by atoms with van der Waals surface area (Å²) in [5.74, 6) is -9.22. The van der Waals surface area contributed by atoms with Gasteiger partial charge in [0.25, 0.3) is 11.8 Å². The summed E-state index contributed by atoms with van der Waals surface area (Å²) in [6.45, 7) is 0.265. The fourth-order valence-electron chi connectivity index (χ4n) is 3.13. The molecule has 0 aliphatic rings. The first kappa shape index (κ1) is 24.9. The van der Waals surface area contributed by atoms with Crippen LogP contribution in [0.1, 0.15) is 22.5 Å². The Morgan fingerprint density at radius 1 is 1.11 bits per heavy atom. The standard InChI is InChI=1S/C20H20F2N8O5/c1-30(8-10-7-25-16-13(26-10)15(23)28-19(24)29-16)11-4-2-9(3-5-11)17(33)27-14(18(34)35)20(21,22)6-12(31)32/h2-5,7,14H,6,8H2,1H3,(H,27,33)(H,31,32)(H,34,35)(H4,23,24,25,28,29)/t14-/m0/s1. The highest BCUT2D eigenvalue weighted by molar-refractivity contribution is 5.97. The fourth-order valence-corrected chi connectivity index (χ4v) is 3.13. The van der Waals surface area contributed by atoms with Gasteiger partial charge >= 0.3 is 11.9 Å². The van der Waals surface area contributed by atoms with Crippen LogP contribution in [0.25, 0.3) is 11.2 Å². The van der Waals surface area contributed by atoms with Gasteiger partial charge in [-0.05, 0) is 24.3 Å². The second-order valence-electron chi connectivity index (χ2n) is 7.48. The summed E-state index contributed by atoms with van der Waals surface area (Å²) < 4.78 is 27.9. The van der Waals surface area contributed by atoms with E-state index < -0.39 is 36.2 Å². The molecule has 0 saturated heterocycles. The van der Waals surface area contributed by atoms with Crippen LogP contribution >= 0.6 is 0 Å². The molecule has 0 unspecified atom stereocenters. The first-order chi connectivity index (χ1) is 16.4. The van der Waals surface area contributed by atoms with Crippen LogP contribution in [0.5, 0.6) is 0 Å². The van der Waals surface area contributed by atoms with E-state index in [1.54, 1.807) is 17.3 Å². The minimum atomic E-state index is -4.20. The van der Waals surface area contributed by atoms with Crippen molar-refractivity contribution in [1.82, 2.24) is 25.3 Å². The molecular formula is C20H20F2N8O5. The molecule has 0 aliphatic heterocycles. The maximum absolute atomic E-state index is 14.0. The summed E-state index contributed by atoms with van der Waals surface area (Å²) in [6, 6.07) is 2.90. The van der Waals surface area contributed by atoms with Gasteiger partial charge in [0.15, 0.2) is 23.0 Å². The number of aliphatic carboxylic acids is 2. The predicted molar refractivity (Wildman–Crippen MR) is 119 cm³/mol. The Balaban J connectivity index is 1.72. The summed E-state index contributed by atoms with van der Waals surface area (Å²) >= 11 is 0. The van der Waals surface area contributed by atoms with Gasteiger partial charge in [-0.15, -0.1) is 0 Å². The van der Waals surface area contributed by atoms with Crippen LogP contribution in [0.15, 0.2) is 30.5 Å². The summed E-state index contributed by atoms with van der Waals surface area (Å²) in [5, 5.41) is 19.3. The number of carbonyl (C=O) groups is 3. The van der Waals surface area contributed by atoms with Crippen molar-refractivity contribution in [1.29, 1.82) is 0 Å². The number of hydrogen-bond donors (Lipinski definition) is 5. The zero-order valence-electron chi connectivity index (χ0n) is 18.1. The molecule has 0 bridgehead atoms.